The zero-order valence-electron chi connectivity index (χ0n) is 10.1. The Hall–Kier alpha value is -0.650. The van der Waals surface area contributed by atoms with Crippen molar-refractivity contribution >= 4 is 11.8 Å². The highest BCUT2D eigenvalue weighted by Gasteiger charge is 2.16. The molecule has 0 aliphatic heterocycles. The Balaban J connectivity index is 2.81. The molecule has 2 nitrogen and oxygen atoms in total. The van der Waals surface area contributed by atoms with Crippen molar-refractivity contribution in [3.8, 4) is 0 Å². The van der Waals surface area contributed by atoms with Crippen LogP contribution in [0.25, 0.3) is 0 Å². The molecule has 0 amide bonds. The zero-order chi connectivity index (χ0) is 12.8. The molecule has 0 saturated carbocycles. The van der Waals surface area contributed by atoms with E-state index in [-0.39, 0.29) is 6.04 Å². The Morgan fingerprint density at radius 2 is 2.06 bits per heavy atom. The number of hydrogen-bond donors (Lipinski definition) is 1. The standard InChI is InChI=1S/C12H18F2N2S/c1-16(5-6-17-2)12(8-15)9-3-4-10(13)11(14)7-9/h3-4,7,12H,5-6,8,15H2,1-2H3. The third-order valence-corrected chi connectivity index (χ3v) is 3.32. The van der Waals surface area contributed by atoms with E-state index in [1.54, 1.807) is 17.8 Å². The van der Waals surface area contributed by atoms with E-state index in [4.69, 9.17) is 5.73 Å². The second kappa shape index (κ2) is 6.93. The second-order valence-corrected chi connectivity index (χ2v) is 4.88. The van der Waals surface area contributed by atoms with Crippen molar-refractivity contribution in [3.63, 3.8) is 0 Å². The molecule has 1 aromatic rings. The van der Waals surface area contributed by atoms with Crippen LogP contribution in [0.15, 0.2) is 18.2 Å². The first kappa shape index (κ1) is 14.4. The van der Waals surface area contributed by atoms with Gasteiger partial charge < -0.3 is 5.73 Å². The van der Waals surface area contributed by atoms with Crippen LogP contribution >= 0.6 is 11.8 Å². The number of benzene rings is 1. The van der Waals surface area contributed by atoms with Crippen LogP contribution in [0.4, 0.5) is 8.78 Å². The minimum Gasteiger partial charge on any atom is -0.329 e. The van der Waals surface area contributed by atoms with Crippen molar-refractivity contribution in [1.29, 1.82) is 0 Å². The second-order valence-electron chi connectivity index (χ2n) is 3.90. The monoisotopic (exact) mass is 260 g/mol. The van der Waals surface area contributed by atoms with Crippen molar-refractivity contribution in [1.82, 2.24) is 4.90 Å². The Morgan fingerprint density at radius 1 is 1.35 bits per heavy atom. The lowest BCUT2D eigenvalue weighted by Gasteiger charge is -2.27. The molecule has 0 aliphatic carbocycles. The molecular weight excluding hydrogens is 242 g/mol. The van der Waals surface area contributed by atoms with E-state index < -0.39 is 11.6 Å². The van der Waals surface area contributed by atoms with Crippen LogP contribution in [0.2, 0.25) is 0 Å². The molecule has 0 aromatic heterocycles. The van der Waals surface area contributed by atoms with E-state index in [0.29, 0.717) is 6.54 Å². The SMILES string of the molecule is CSCCN(C)C(CN)c1ccc(F)c(F)c1. The number of nitrogens with zero attached hydrogens (tertiary/aromatic N) is 1. The molecule has 1 aromatic carbocycles. The number of nitrogens with two attached hydrogens (primary N) is 1. The first-order valence-corrected chi connectivity index (χ1v) is 6.83. The van der Waals surface area contributed by atoms with E-state index in [1.165, 1.54) is 6.07 Å². The highest BCUT2D eigenvalue weighted by molar-refractivity contribution is 7.98. The van der Waals surface area contributed by atoms with Gasteiger partial charge in [-0.2, -0.15) is 11.8 Å². The summed E-state index contributed by atoms with van der Waals surface area (Å²) in [4.78, 5) is 2.06. The molecule has 0 spiro atoms. The van der Waals surface area contributed by atoms with Crippen LogP contribution in [-0.2, 0) is 0 Å². The van der Waals surface area contributed by atoms with Gasteiger partial charge in [0.05, 0.1) is 0 Å². The average Bonchev–Trinajstić information content (AvgIpc) is 2.32. The third-order valence-electron chi connectivity index (χ3n) is 2.73. The van der Waals surface area contributed by atoms with Crippen molar-refractivity contribution in [2.75, 3.05) is 32.1 Å². The number of halogens is 2. The van der Waals surface area contributed by atoms with Crippen LogP contribution in [0.3, 0.4) is 0 Å². The van der Waals surface area contributed by atoms with E-state index >= 15 is 0 Å². The van der Waals surface area contributed by atoms with Gasteiger partial charge in [-0.1, -0.05) is 6.07 Å². The summed E-state index contributed by atoms with van der Waals surface area (Å²) >= 11 is 1.74. The predicted molar refractivity (Wildman–Crippen MR) is 69.2 cm³/mol. The van der Waals surface area contributed by atoms with E-state index in [2.05, 4.69) is 4.90 Å². The van der Waals surface area contributed by atoms with Gasteiger partial charge in [-0.15, -0.1) is 0 Å². The minimum atomic E-state index is -0.823. The predicted octanol–water partition coefficient (Wildman–Crippen LogP) is 2.26. The summed E-state index contributed by atoms with van der Waals surface area (Å²) in [7, 11) is 1.94. The van der Waals surface area contributed by atoms with Gasteiger partial charge in [0.25, 0.3) is 0 Å². The van der Waals surface area contributed by atoms with Crippen molar-refractivity contribution in [2.45, 2.75) is 6.04 Å². The first-order valence-electron chi connectivity index (χ1n) is 5.44. The Bertz CT molecular complexity index is 360. The van der Waals surface area contributed by atoms with Gasteiger partial charge in [-0.3, -0.25) is 4.90 Å². The van der Waals surface area contributed by atoms with Crippen LogP contribution in [0.1, 0.15) is 11.6 Å². The Kier molecular flexibility index (Phi) is 5.88. The Labute approximate surface area is 105 Å². The van der Waals surface area contributed by atoms with Crippen LogP contribution < -0.4 is 5.73 Å². The molecule has 17 heavy (non-hydrogen) atoms. The van der Waals surface area contributed by atoms with Crippen molar-refractivity contribution in [3.05, 3.63) is 35.4 Å². The maximum absolute atomic E-state index is 13.2. The summed E-state index contributed by atoms with van der Waals surface area (Å²) < 4.78 is 26.0. The summed E-state index contributed by atoms with van der Waals surface area (Å²) in [5.41, 5.74) is 6.42. The van der Waals surface area contributed by atoms with Crippen LogP contribution in [0, 0.1) is 11.6 Å². The molecule has 1 rings (SSSR count). The number of rotatable bonds is 6. The summed E-state index contributed by atoms with van der Waals surface area (Å²) in [5, 5.41) is 0. The molecule has 0 radical (unpaired) electrons. The van der Waals surface area contributed by atoms with Gasteiger partial charge in [0.1, 0.15) is 0 Å². The Morgan fingerprint density at radius 3 is 2.59 bits per heavy atom. The average molecular weight is 260 g/mol. The molecule has 2 N–H and O–H groups in total. The van der Waals surface area contributed by atoms with Gasteiger partial charge in [0.15, 0.2) is 11.6 Å². The fourth-order valence-electron chi connectivity index (χ4n) is 1.68. The molecule has 5 heteroatoms. The fourth-order valence-corrected chi connectivity index (χ4v) is 2.15. The molecule has 0 aliphatic rings. The summed E-state index contributed by atoms with van der Waals surface area (Å²) in [6, 6.07) is 3.89. The third kappa shape index (κ3) is 3.94. The van der Waals surface area contributed by atoms with Gasteiger partial charge >= 0.3 is 0 Å². The number of hydrogen-bond acceptors (Lipinski definition) is 3. The lowest BCUT2D eigenvalue weighted by molar-refractivity contribution is 0.265. The quantitative estimate of drug-likeness (QED) is 0.850. The smallest absolute Gasteiger partial charge is 0.159 e. The molecule has 0 bridgehead atoms. The maximum Gasteiger partial charge on any atom is 0.159 e. The molecule has 0 saturated heterocycles. The normalized spacial score (nSPS) is 13.1. The highest BCUT2D eigenvalue weighted by Crippen LogP contribution is 2.20. The number of likely N-dealkylation sites (N-methyl/N-ethyl adjacent to an activating group) is 1. The van der Waals surface area contributed by atoms with Crippen LogP contribution in [0.5, 0.6) is 0 Å². The van der Waals surface area contributed by atoms with Crippen molar-refractivity contribution < 1.29 is 8.78 Å². The lowest BCUT2D eigenvalue weighted by atomic mass is 10.1. The van der Waals surface area contributed by atoms with E-state index in [0.717, 1.165) is 23.9 Å². The summed E-state index contributed by atoms with van der Waals surface area (Å²) in [6.45, 7) is 1.25. The van der Waals surface area contributed by atoms with Crippen molar-refractivity contribution in [2.24, 2.45) is 5.73 Å². The molecular formula is C12H18F2N2S. The van der Waals surface area contributed by atoms with Gasteiger partial charge in [0, 0.05) is 24.9 Å². The highest BCUT2D eigenvalue weighted by atomic mass is 32.2. The largest absolute Gasteiger partial charge is 0.329 e. The molecule has 0 fully saturated rings. The van der Waals surface area contributed by atoms with Gasteiger partial charge in [-0.05, 0) is 31.0 Å². The molecule has 96 valence electrons. The molecule has 1 unspecified atom stereocenters. The molecule has 1 atom stereocenters. The minimum absolute atomic E-state index is 0.0720. The summed E-state index contributed by atoms with van der Waals surface area (Å²) in [5.74, 6) is -0.660. The zero-order valence-corrected chi connectivity index (χ0v) is 10.9. The first-order chi connectivity index (χ1) is 8.10. The maximum atomic E-state index is 13.2. The lowest BCUT2D eigenvalue weighted by Crippen LogP contribution is -2.32. The number of thioether (sulfide) groups is 1. The summed E-state index contributed by atoms with van der Waals surface area (Å²) in [6.07, 6.45) is 2.03. The topological polar surface area (TPSA) is 29.3 Å². The van der Waals surface area contributed by atoms with Crippen LogP contribution in [-0.4, -0.2) is 37.0 Å². The van der Waals surface area contributed by atoms with Gasteiger partial charge in [-0.25, -0.2) is 8.78 Å². The van der Waals surface area contributed by atoms with E-state index in [1.807, 2.05) is 13.3 Å². The van der Waals surface area contributed by atoms with Gasteiger partial charge in [0.2, 0.25) is 0 Å². The molecule has 0 heterocycles. The van der Waals surface area contributed by atoms with E-state index in [9.17, 15) is 8.78 Å². The fraction of sp³-hybridized carbons (Fsp3) is 0.500.